The third-order valence-electron chi connectivity index (χ3n) is 3.92. The van der Waals surface area contributed by atoms with Gasteiger partial charge in [0.25, 0.3) is 0 Å². The summed E-state index contributed by atoms with van der Waals surface area (Å²) >= 11 is 6.32. The predicted molar refractivity (Wildman–Crippen MR) is 81.2 cm³/mol. The van der Waals surface area contributed by atoms with Crippen molar-refractivity contribution >= 4 is 11.6 Å². The molecule has 5 nitrogen and oxygen atoms in total. The number of aryl methyl sites for hydroxylation is 1. The molecule has 0 atom stereocenters. The minimum atomic E-state index is -4.37. The summed E-state index contributed by atoms with van der Waals surface area (Å²) in [5.74, 6) is 0.0620. The predicted octanol–water partition coefficient (Wildman–Crippen LogP) is 3.56. The maximum atomic E-state index is 12.7. The van der Waals surface area contributed by atoms with E-state index in [1.165, 1.54) is 4.68 Å². The van der Waals surface area contributed by atoms with Crippen LogP contribution in [0.5, 0.6) is 0 Å². The molecule has 0 aliphatic carbocycles. The lowest BCUT2D eigenvalue weighted by Crippen LogP contribution is -2.13. The van der Waals surface area contributed by atoms with Gasteiger partial charge in [0.05, 0.1) is 40.5 Å². The quantitative estimate of drug-likeness (QED) is 0.525. The van der Waals surface area contributed by atoms with Crippen molar-refractivity contribution in [3.63, 3.8) is 0 Å². The minimum Gasteiger partial charge on any atom is -0.300 e. The van der Waals surface area contributed by atoms with Crippen LogP contribution in [0.1, 0.15) is 17.2 Å². The molecule has 0 saturated heterocycles. The molecule has 3 heterocycles. The Morgan fingerprint density at radius 3 is 2.83 bits per heavy atom. The molecule has 0 radical (unpaired) electrons. The molecule has 3 aromatic rings. The largest absolute Gasteiger partial charge is 0.396 e. The van der Waals surface area contributed by atoms with E-state index in [2.05, 4.69) is 15.1 Å². The van der Waals surface area contributed by atoms with Gasteiger partial charge < -0.3 is 4.57 Å². The SMILES string of the molecule is Cc1ncn2c1Cn1nc(CC(F)(F)F)nc1-c1c(Cl)cccc1-2. The maximum absolute atomic E-state index is 12.7. The van der Waals surface area contributed by atoms with Gasteiger partial charge in [-0.15, -0.1) is 0 Å². The minimum absolute atomic E-state index is 0.269. The Morgan fingerprint density at radius 2 is 2.08 bits per heavy atom. The van der Waals surface area contributed by atoms with Gasteiger partial charge in [0.2, 0.25) is 0 Å². The van der Waals surface area contributed by atoms with E-state index in [0.29, 0.717) is 16.4 Å². The number of halogens is 4. The van der Waals surface area contributed by atoms with Crippen LogP contribution in [0.4, 0.5) is 13.2 Å². The van der Waals surface area contributed by atoms with Crippen LogP contribution in [0, 0.1) is 6.92 Å². The Kier molecular flexibility index (Phi) is 3.21. The zero-order valence-electron chi connectivity index (χ0n) is 12.5. The normalized spacial score (nSPS) is 13.2. The number of hydrogen-bond acceptors (Lipinski definition) is 3. The van der Waals surface area contributed by atoms with E-state index in [9.17, 15) is 13.2 Å². The van der Waals surface area contributed by atoms with Gasteiger partial charge in [-0.25, -0.2) is 14.6 Å². The highest BCUT2D eigenvalue weighted by atomic mass is 35.5. The van der Waals surface area contributed by atoms with Crippen molar-refractivity contribution in [1.82, 2.24) is 24.3 Å². The van der Waals surface area contributed by atoms with E-state index >= 15 is 0 Å². The molecule has 24 heavy (non-hydrogen) atoms. The summed E-state index contributed by atoms with van der Waals surface area (Å²) in [6.45, 7) is 2.12. The summed E-state index contributed by atoms with van der Waals surface area (Å²) in [7, 11) is 0. The molecule has 0 bridgehead atoms. The van der Waals surface area contributed by atoms with Crippen molar-refractivity contribution < 1.29 is 13.2 Å². The molecule has 2 aromatic heterocycles. The van der Waals surface area contributed by atoms with Gasteiger partial charge in [0, 0.05) is 0 Å². The second-order valence-corrected chi connectivity index (χ2v) is 5.99. The first-order chi connectivity index (χ1) is 11.3. The second-order valence-electron chi connectivity index (χ2n) is 5.58. The van der Waals surface area contributed by atoms with Crippen molar-refractivity contribution in [3.8, 4) is 17.1 Å². The smallest absolute Gasteiger partial charge is 0.300 e. The zero-order chi connectivity index (χ0) is 17.1. The third kappa shape index (κ3) is 2.37. The topological polar surface area (TPSA) is 48.5 Å². The Labute approximate surface area is 139 Å². The monoisotopic (exact) mass is 353 g/mol. The number of hydrogen-bond donors (Lipinski definition) is 0. The Bertz CT molecular complexity index is 941. The number of nitrogens with zero attached hydrogens (tertiary/aromatic N) is 5. The molecule has 1 aliphatic heterocycles. The van der Waals surface area contributed by atoms with Crippen LogP contribution >= 0.6 is 11.6 Å². The first-order valence-electron chi connectivity index (χ1n) is 7.16. The van der Waals surface area contributed by atoms with E-state index in [0.717, 1.165) is 17.1 Å². The molecule has 0 amide bonds. The van der Waals surface area contributed by atoms with Gasteiger partial charge in [0.15, 0.2) is 11.6 Å². The summed E-state index contributed by atoms with van der Waals surface area (Å²) < 4.78 is 41.4. The Balaban J connectivity index is 1.97. The van der Waals surface area contributed by atoms with Crippen molar-refractivity contribution in [1.29, 1.82) is 0 Å². The van der Waals surface area contributed by atoms with E-state index in [1.54, 1.807) is 18.5 Å². The Hall–Kier alpha value is -2.35. The van der Waals surface area contributed by atoms with Gasteiger partial charge in [-0.3, -0.25) is 0 Å². The average Bonchev–Trinajstić information content (AvgIpc) is 2.99. The standard InChI is InChI=1S/C15H11ClF3N5/c1-8-11-6-24-14(21-12(22-24)5-15(17,18)19)13-9(16)3-2-4-10(13)23(11)7-20-8/h2-4,7H,5-6H2,1H3. The molecule has 0 saturated carbocycles. The third-order valence-corrected chi connectivity index (χ3v) is 4.24. The summed E-state index contributed by atoms with van der Waals surface area (Å²) in [4.78, 5) is 8.39. The lowest BCUT2D eigenvalue weighted by atomic mass is 10.1. The lowest BCUT2D eigenvalue weighted by Gasteiger charge is -2.09. The van der Waals surface area contributed by atoms with Crippen molar-refractivity contribution in [3.05, 3.63) is 46.8 Å². The highest BCUT2D eigenvalue weighted by Crippen LogP contribution is 2.36. The van der Waals surface area contributed by atoms with Crippen LogP contribution in [0.2, 0.25) is 5.02 Å². The molecule has 0 fully saturated rings. The zero-order valence-corrected chi connectivity index (χ0v) is 13.2. The van der Waals surface area contributed by atoms with Crippen LogP contribution in [0.15, 0.2) is 24.5 Å². The van der Waals surface area contributed by atoms with Crippen LogP contribution < -0.4 is 0 Å². The summed E-state index contributed by atoms with van der Waals surface area (Å²) in [6.07, 6.45) is -3.87. The van der Waals surface area contributed by atoms with Gasteiger partial charge >= 0.3 is 6.18 Å². The summed E-state index contributed by atoms with van der Waals surface area (Å²) in [5.41, 5.74) is 2.89. The molecule has 0 unspecified atom stereocenters. The summed E-state index contributed by atoms with van der Waals surface area (Å²) in [5, 5.41) is 4.44. The maximum Gasteiger partial charge on any atom is 0.396 e. The number of aromatic nitrogens is 5. The number of benzene rings is 1. The van der Waals surface area contributed by atoms with Crippen LogP contribution in [0.3, 0.4) is 0 Å². The van der Waals surface area contributed by atoms with Gasteiger partial charge in [-0.1, -0.05) is 17.7 Å². The molecule has 124 valence electrons. The summed E-state index contributed by atoms with van der Waals surface area (Å²) in [6, 6.07) is 5.29. The number of imidazole rings is 1. The number of fused-ring (bicyclic) bond motifs is 5. The van der Waals surface area contributed by atoms with Crippen molar-refractivity contribution in [2.24, 2.45) is 0 Å². The first-order valence-corrected chi connectivity index (χ1v) is 7.54. The van der Waals surface area contributed by atoms with Crippen LogP contribution in [-0.2, 0) is 13.0 Å². The number of alkyl halides is 3. The molecule has 4 rings (SSSR count). The van der Waals surface area contributed by atoms with E-state index in [1.807, 2.05) is 17.6 Å². The lowest BCUT2D eigenvalue weighted by molar-refractivity contribution is -0.128. The second kappa shape index (κ2) is 5.07. The average molecular weight is 354 g/mol. The van der Waals surface area contributed by atoms with Gasteiger partial charge in [-0.05, 0) is 19.1 Å². The van der Waals surface area contributed by atoms with Gasteiger partial charge in [-0.2, -0.15) is 18.3 Å². The van der Waals surface area contributed by atoms with E-state index in [-0.39, 0.29) is 12.4 Å². The van der Waals surface area contributed by atoms with Crippen LogP contribution in [-0.4, -0.2) is 30.5 Å². The Morgan fingerprint density at radius 1 is 1.29 bits per heavy atom. The van der Waals surface area contributed by atoms with Gasteiger partial charge in [0.1, 0.15) is 6.42 Å². The fourth-order valence-electron chi connectivity index (χ4n) is 2.88. The molecule has 1 aromatic carbocycles. The highest BCUT2D eigenvalue weighted by molar-refractivity contribution is 6.33. The molecular formula is C15H11ClF3N5. The molecule has 0 N–H and O–H groups in total. The van der Waals surface area contributed by atoms with E-state index < -0.39 is 12.6 Å². The molecular weight excluding hydrogens is 343 g/mol. The molecule has 1 aliphatic rings. The molecule has 9 heteroatoms. The highest BCUT2D eigenvalue weighted by Gasteiger charge is 2.32. The van der Waals surface area contributed by atoms with Crippen LogP contribution in [0.25, 0.3) is 17.1 Å². The fourth-order valence-corrected chi connectivity index (χ4v) is 3.13. The molecule has 0 spiro atoms. The number of rotatable bonds is 1. The first kappa shape index (κ1) is 15.2. The van der Waals surface area contributed by atoms with Crippen molar-refractivity contribution in [2.75, 3.05) is 0 Å². The fraction of sp³-hybridized carbons (Fsp3) is 0.267. The van der Waals surface area contributed by atoms with Crippen molar-refractivity contribution in [2.45, 2.75) is 26.1 Å². The van der Waals surface area contributed by atoms with E-state index in [4.69, 9.17) is 11.6 Å².